The molecule has 0 saturated carbocycles. The lowest BCUT2D eigenvalue weighted by Gasteiger charge is -2.17. The van der Waals surface area contributed by atoms with Gasteiger partial charge in [-0.1, -0.05) is 6.07 Å². The Bertz CT molecular complexity index is 723. The van der Waals surface area contributed by atoms with Gasteiger partial charge in [0.1, 0.15) is 0 Å². The van der Waals surface area contributed by atoms with Gasteiger partial charge < -0.3 is 5.32 Å². The standard InChI is InChI=1S/C15H18N2O3S2/c1-12(18)16-13-5-7-15(8-6-13)22(19,20)17(2)10-9-14-4-3-11-21-14/h3-8,11H,9-10H2,1-2H3,(H,16,18). The number of hydrogen-bond donors (Lipinski definition) is 1. The monoisotopic (exact) mass is 338 g/mol. The van der Waals surface area contributed by atoms with Crippen LogP contribution in [-0.2, 0) is 21.2 Å². The van der Waals surface area contributed by atoms with E-state index < -0.39 is 10.0 Å². The quantitative estimate of drug-likeness (QED) is 0.880. The van der Waals surface area contributed by atoms with Crippen molar-refractivity contribution in [2.24, 2.45) is 0 Å². The first-order chi connectivity index (χ1) is 10.4. The molecule has 5 nitrogen and oxygen atoms in total. The summed E-state index contributed by atoms with van der Waals surface area (Å²) >= 11 is 1.62. The van der Waals surface area contributed by atoms with E-state index in [1.807, 2.05) is 17.5 Å². The molecule has 0 unspecified atom stereocenters. The summed E-state index contributed by atoms with van der Waals surface area (Å²) in [5.41, 5.74) is 0.577. The molecule has 0 aliphatic carbocycles. The molecule has 1 aromatic heterocycles. The fraction of sp³-hybridized carbons (Fsp3) is 0.267. The molecule has 0 aliphatic rings. The number of hydrogen-bond acceptors (Lipinski definition) is 4. The van der Waals surface area contributed by atoms with Gasteiger partial charge in [-0.3, -0.25) is 4.79 Å². The van der Waals surface area contributed by atoms with Gasteiger partial charge in [0.15, 0.2) is 0 Å². The zero-order valence-electron chi connectivity index (χ0n) is 12.4. The molecule has 0 atom stereocenters. The van der Waals surface area contributed by atoms with Gasteiger partial charge in [-0.05, 0) is 42.1 Å². The Morgan fingerprint density at radius 1 is 1.23 bits per heavy atom. The summed E-state index contributed by atoms with van der Waals surface area (Å²) in [7, 11) is -1.94. The van der Waals surface area contributed by atoms with Crippen molar-refractivity contribution in [1.82, 2.24) is 4.31 Å². The number of nitrogens with zero attached hydrogens (tertiary/aromatic N) is 1. The summed E-state index contributed by atoms with van der Waals surface area (Å²) in [5.74, 6) is -0.191. The molecular weight excluding hydrogens is 320 g/mol. The molecule has 2 aromatic rings. The minimum atomic E-state index is -3.51. The molecule has 118 valence electrons. The SMILES string of the molecule is CC(=O)Nc1ccc(S(=O)(=O)N(C)CCc2cccs2)cc1. The van der Waals surface area contributed by atoms with E-state index in [0.29, 0.717) is 18.7 Å². The fourth-order valence-electron chi connectivity index (χ4n) is 1.94. The highest BCUT2D eigenvalue weighted by atomic mass is 32.2. The maximum Gasteiger partial charge on any atom is 0.242 e. The summed E-state index contributed by atoms with van der Waals surface area (Å²) in [5, 5.41) is 4.59. The molecule has 22 heavy (non-hydrogen) atoms. The van der Waals surface area contributed by atoms with Gasteiger partial charge in [0.25, 0.3) is 0 Å². The van der Waals surface area contributed by atoms with Gasteiger partial charge in [-0.25, -0.2) is 12.7 Å². The van der Waals surface area contributed by atoms with Gasteiger partial charge in [0.2, 0.25) is 15.9 Å². The highest BCUT2D eigenvalue weighted by molar-refractivity contribution is 7.89. The Labute approximate surface area is 134 Å². The summed E-state index contributed by atoms with van der Waals surface area (Å²) in [6, 6.07) is 10.1. The smallest absolute Gasteiger partial charge is 0.242 e. The number of sulfonamides is 1. The van der Waals surface area contributed by atoms with Gasteiger partial charge in [-0.2, -0.15) is 0 Å². The lowest BCUT2D eigenvalue weighted by Crippen LogP contribution is -2.28. The van der Waals surface area contributed by atoms with E-state index in [-0.39, 0.29) is 10.8 Å². The van der Waals surface area contributed by atoms with Crippen molar-refractivity contribution in [2.75, 3.05) is 18.9 Å². The summed E-state index contributed by atoms with van der Waals surface area (Å²) in [6.45, 7) is 1.83. The fourth-order valence-corrected chi connectivity index (χ4v) is 3.81. The lowest BCUT2D eigenvalue weighted by molar-refractivity contribution is -0.114. The van der Waals surface area contributed by atoms with Crippen molar-refractivity contribution in [1.29, 1.82) is 0 Å². The molecule has 0 bridgehead atoms. The number of nitrogens with one attached hydrogen (secondary N) is 1. The topological polar surface area (TPSA) is 66.5 Å². The largest absolute Gasteiger partial charge is 0.326 e. The normalized spacial score (nSPS) is 11.6. The van der Waals surface area contributed by atoms with Crippen molar-refractivity contribution in [3.63, 3.8) is 0 Å². The number of likely N-dealkylation sites (N-methyl/N-ethyl adjacent to an activating group) is 1. The molecule has 0 fully saturated rings. The van der Waals surface area contributed by atoms with E-state index in [1.54, 1.807) is 30.5 Å². The number of benzene rings is 1. The van der Waals surface area contributed by atoms with Crippen molar-refractivity contribution in [2.45, 2.75) is 18.2 Å². The van der Waals surface area contributed by atoms with Crippen LogP contribution >= 0.6 is 11.3 Å². The van der Waals surface area contributed by atoms with Crippen LogP contribution in [-0.4, -0.2) is 32.2 Å². The molecule has 1 amide bonds. The Balaban J connectivity index is 2.06. The first-order valence-electron chi connectivity index (χ1n) is 6.76. The predicted molar refractivity (Wildman–Crippen MR) is 88.6 cm³/mol. The molecule has 1 heterocycles. The maximum atomic E-state index is 12.5. The van der Waals surface area contributed by atoms with Crippen LogP contribution in [0.4, 0.5) is 5.69 Å². The van der Waals surface area contributed by atoms with Gasteiger partial charge in [0.05, 0.1) is 4.90 Å². The third-order valence-corrected chi connectivity index (χ3v) is 5.94. The van der Waals surface area contributed by atoms with Crippen molar-refractivity contribution in [3.8, 4) is 0 Å². The minimum absolute atomic E-state index is 0.191. The zero-order valence-corrected chi connectivity index (χ0v) is 14.1. The number of rotatable bonds is 6. The summed E-state index contributed by atoms with van der Waals surface area (Å²) < 4.78 is 26.3. The third-order valence-electron chi connectivity index (χ3n) is 3.14. The van der Waals surface area contributed by atoms with E-state index in [9.17, 15) is 13.2 Å². The number of carbonyl (C=O) groups excluding carboxylic acids is 1. The van der Waals surface area contributed by atoms with Gasteiger partial charge in [-0.15, -0.1) is 11.3 Å². The van der Waals surface area contributed by atoms with Crippen molar-refractivity contribution >= 4 is 33.0 Å². The van der Waals surface area contributed by atoms with Crippen molar-refractivity contribution < 1.29 is 13.2 Å². The van der Waals surface area contributed by atoms with Crippen molar-refractivity contribution in [3.05, 3.63) is 46.7 Å². The zero-order chi connectivity index (χ0) is 16.2. The second-order valence-corrected chi connectivity index (χ2v) is 7.94. The number of amides is 1. The third kappa shape index (κ3) is 4.16. The summed E-state index contributed by atoms with van der Waals surface area (Å²) in [6.07, 6.45) is 0.692. The van der Waals surface area contributed by atoms with Crippen LogP contribution in [0.25, 0.3) is 0 Å². The van der Waals surface area contributed by atoms with E-state index >= 15 is 0 Å². The molecule has 2 rings (SSSR count). The lowest BCUT2D eigenvalue weighted by atomic mass is 10.3. The van der Waals surface area contributed by atoms with Crippen LogP contribution in [0.5, 0.6) is 0 Å². The molecule has 0 radical (unpaired) electrons. The van der Waals surface area contributed by atoms with Crippen LogP contribution in [0.15, 0.2) is 46.7 Å². The highest BCUT2D eigenvalue weighted by Gasteiger charge is 2.20. The molecule has 0 saturated heterocycles. The van der Waals surface area contributed by atoms with E-state index in [2.05, 4.69) is 5.32 Å². The maximum absolute atomic E-state index is 12.5. The molecule has 1 aromatic carbocycles. The molecule has 7 heteroatoms. The van der Waals surface area contributed by atoms with Crippen LogP contribution < -0.4 is 5.32 Å². The number of anilines is 1. The summed E-state index contributed by atoms with van der Waals surface area (Å²) in [4.78, 5) is 12.3. The first kappa shape index (κ1) is 16.7. The second-order valence-electron chi connectivity index (χ2n) is 4.86. The average molecular weight is 338 g/mol. The average Bonchev–Trinajstić information content (AvgIpc) is 2.98. The van der Waals surface area contributed by atoms with Crippen LogP contribution in [0, 0.1) is 0 Å². The Morgan fingerprint density at radius 2 is 1.91 bits per heavy atom. The van der Waals surface area contributed by atoms with Gasteiger partial charge in [0, 0.05) is 31.1 Å². The highest BCUT2D eigenvalue weighted by Crippen LogP contribution is 2.18. The van der Waals surface area contributed by atoms with E-state index in [4.69, 9.17) is 0 Å². The van der Waals surface area contributed by atoms with Crippen LogP contribution in [0.1, 0.15) is 11.8 Å². The minimum Gasteiger partial charge on any atom is -0.326 e. The second kappa shape index (κ2) is 7.04. The van der Waals surface area contributed by atoms with Crippen LogP contribution in [0.2, 0.25) is 0 Å². The molecule has 1 N–H and O–H groups in total. The first-order valence-corrected chi connectivity index (χ1v) is 9.08. The van der Waals surface area contributed by atoms with Crippen LogP contribution in [0.3, 0.4) is 0 Å². The number of thiophene rings is 1. The Hall–Kier alpha value is -1.70. The predicted octanol–water partition coefficient (Wildman–Crippen LogP) is 2.57. The van der Waals surface area contributed by atoms with E-state index in [0.717, 1.165) is 4.88 Å². The molecular formula is C15H18N2O3S2. The molecule has 0 spiro atoms. The van der Waals surface area contributed by atoms with Gasteiger partial charge >= 0.3 is 0 Å². The van der Waals surface area contributed by atoms with E-state index in [1.165, 1.54) is 23.4 Å². The Morgan fingerprint density at radius 3 is 2.45 bits per heavy atom. The number of carbonyl (C=O) groups is 1. The Kier molecular flexibility index (Phi) is 5.33. The molecule has 0 aliphatic heterocycles.